The lowest BCUT2D eigenvalue weighted by molar-refractivity contribution is 0.591. The number of hydrogen-bond donors (Lipinski definition) is 0. The standard InChI is InChI=1S/C53H44N2O2P2/c1-54(2)37-25-29-45-46-30-26-38(55(3)4)34-50(46)53(49(45)33-37)51-35-43(58(56,39-17-9-5-10-18-39)40-19-11-6-12-20-40)27-31-47(51)48-32-28-44(36-52(48)53)59(57,41-21-13-7-14-22-41)42-23-15-8-16-24-42/h5-36H,1-4H3. The molecule has 0 bridgehead atoms. The number of nitrogens with zero attached hydrogens (tertiary/aromatic N) is 2. The summed E-state index contributed by atoms with van der Waals surface area (Å²) in [5, 5.41) is 4.73. The molecule has 0 saturated heterocycles. The first-order valence-electron chi connectivity index (χ1n) is 20.0. The third-order valence-electron chi connectivity index (χ3n) is 12.4. The summed E-state index contributed by atoms with van der Waals surface area (Å²) in [4.78, 5) is 4.31. The maximum atomic E-state index is 16.1. The van der Waals surface area contributed by atoms with Crippen LogP contribution in [0.4, 0.5) is 11.4 Å². The predicted molar refractivity (Wildman–Crippen MR) is 250 cm³/mol. The van der Waals surface area contributed by atoms with Crippen LogP contribution in [0.3, 0.4) is 0 Å². The van der Waals surface area contributed by atoms with Crippen LogP contribution in [-0.2, 0) is 14.5 Å². The van der Waals surface area contributed by atoms with E-state index in [0.717, 1.165) is 87.7 Å². The smallest absolute Gasteiger partial charge is 0.171 e. The Morgan fingerprint density at radius 2 is 0.593 bits per heavy atom. The van der Waals surface area contributed by atoms with Gasteiger partial charge in [-0.2, -0.15) is 0 Å². The van der Waals surface area contributed by atoms with Gasteiger partial charge in [-0.15, -0.1) is 0 Å². The van der Waals surface area contributed by atoms with Gasteiger partial charge in [-0.05, 0) is 80.9 Å². The summed E-state index contributed by atoms with van der Waals surface area (Å²) < 4.78 is 32.2. The molecule has 0 radical (unpaired) electrons. The third kappa shape index (κ3) is 5.44. The molecular formula is C53H44N2O2P2. The molecule has 0 amide bonds. The molecule has 2 aliphatic carbocycles. The lowest BCUT2D eigenvalue weighted by Gasteiger charge is -2.33. The lowest BCUT2D eigenvalue weighted by atomic mass is 9.70. The van der Waals surface area contributed by atoms with Gasteiger partial charge in [0.25, 0.3) is 0 Å². The number of hydrogen-bond acceptors (Lipinski definition) is 4. The zero-order chi connectivity index (χ0) is 40.5. The molecule has 0 saturated carbocycles. The number of anilines is 2. The Labute approximate surface area is 347 Å². The van der Waals surface area contributed by atoms with E-state index in [0.29, 0.717) is 0 Å². The van der Waals surface area contributed by atoms with Crippen LogP contribution in [-0.4, -0.2) is 28.2 Å². The van der Waals surface area contributed by atoms with Crippen LogP contribution in [0.15, 0.2) is 194 Å². The summed E-state index contributed by atoms with van der Waals surface area (Å²) >= 11 is 0. The molecule has 0 atom stereocenters. The Hall–Kier alpha value is -6.18. The Kier molecular flexibility index (Phi) is 8.80. The van der Waals surface area contributed by atoms with Gasteiger partial charge < -0.3 is 18.9 Å². The summed E-state index contributed by atoms with van der Waals surface area (Å²) in [5.74, 6) is 0. The van der Waals surface area contributed by atoms with Crippen LogP contribution >= 0.6 is 14.3 Å². The minimum atomic E-state index is -3.36. The number of rotatable bonds is 8. The molecule has 0 aromatic heterocycles. The van der Waals surface area contributed by atoms with Crippen LogP contribution < -0.4 is 41.6 Å². The molecule has 6 heteroatoms. The second kappa shape index (κ2) is 14.0. The van der Waals surface area contributed by atoms with Crippen molar-refractivity contribution in [2.24, 2.45) is 0 Å². The molecule has 0 heterocycles. The monoisotopic (exact) mass is 802 g/mol. The topological polar surface area (TPSA) is 40.6 Å². The molecule has 8 aromatic rings. The van der Waals surface area contributed by atoms with E-state index in [1.165, 1.54) is 0 Å². The highest BCUT2D eigenvalue weighted by molar-refractivity contribution is 7.85. The first kappa shape index (κ1) is 37.1. The third-order valence-corrected chi connectivity index (χ3v) is 18.6. The van der Waals surface area contributed by atoms with Crippen LogP contribution in [0, 0.1) is 0 Å². The van der Waals surface area contributed by atoms with Gasteiger partial charge in [0, 0.05) is 71.4 Å². The average Bonchev–Trinajstić information content (AvgIpc) is 3.75. The first-order valence-corrected chi connectivity index (χ1v) is 23.5. The van der Waals surface area contributed by atoms with Crippen molar-refractivity contribution >= 4 is 57.5 Å². The van der Waals surface area contributed by atoms with Crippen molar-refractivity contribution in [3.05, 3.63) is 216 Å². The van der Waals surface area contributed by atoms with Crippen LogP contribution in [0.1, 0.15) is 22.3 Å². The van der Waals surface area contributed by atoms with Gasteiger partial charge in [-0.25, -0.2) is 0 Å². The van der Waals surface area contributed by atoms with E-state index in [4.69, 9.17) is 0 Å². The summed E-state index contributed by atoms with van der Waals surface area (Å²) in [5.41, 5.74) is 10.3. The zero-order valence-electron chi connectivity index (χ0n) is 33.6. The molecule has 10 rings (SSSR count). The minimum absolute atomic E-state index is 0.780. The highest BCUT2D eigenvalue weighted by Gasteiger charge is 2.53. The molecule has 8 aromatic carbocycles. The van der Waals surface area contributed by atoms with Crippen molar-refractivity contribution in [2.75, 3.05) is 38.0 Å². The van der Waals surface area contributed by atoms with E-state index in [1.807, 2.05) is 121 Å². The highest BCUT2D eigenvalue weighted by atomic mass is 31.2. The summed E-state index contributed by atoms with van der Waals surface area (Å²) in [6.07, 6.45) is 0. The highest BCUT2D eigenvalue weighted by Crippen LogP contribution is 2.64. The normalized spacial score (nSPS) is 13.4. The SMILES string of the molecule is CN(C)c1ccc2c(c1)C1(c3cc(N(C)C)ccc3-2)c2cc(P(=O)(c3ccccc3)c3ccccc3)ccc2-c2ccc(P(=O)(c3ccccc3)c3ccccc3)cc21. The molecule has 4 nitrogen and oxygen atoms in total. The van der Waals surface area contributed by atoms with Gasteiger partial charge in [0.1, 0.15) is 0 Å². The molecule has 0 fully saturated rings. The van der Waals surface area contributed by atoms with Gasteiger partial charge in [-0.1, -0.05) is 158 Å². The van der Waals surface area contributed by atoms with Crippen molar-refractivity contribution in [3.8, 4) is 22.3 Å². The van der Waals surface area contributed by atoms with E-state index in [2.05, 4.69) is 111 Å². The van der Waals surface area contributed by atoms with Crippen molar-refractivity contribution in [1.29, 1.82) is 0 Å². The Balaban J connectivity index is 1.34. The van der Waals surface area contributed by atoms with E-state index >= 15 is 9.13 Å². The van der Waals surface area contributed by atoms with Gasteiger partial charge in [0.05, 0.1) is 5.41 Å². The molecule has 2 aliphatic rings. The average molecular weight is 803 g/mol. The molecule has 0 N–H and O–H groups in total. The molecule has 0 unspecified atom stereocenters. The predicted octanol–water partition coefficient (Wildman–Crippen LogP) is 9.44. The van der Waals surface area contributed by atoms with Crippen molar-refractivity contribution in [1.82, 2.24) is 0 Å². The molecule has 0 aliphatic heterocycles. The Morgan fingerprint density at radius 1 is 0.322 bits per heavy atom. The summed E-state index contributed by atoms with van der Waals surface area (Å²) in [6.45, 7) is 0. The fourth-order valence-corrected chi connectivity index (χ4v) is 14.9. The fraction of sp³-hybridized carbons (Fsp3) is 0.0943. The fourth-order valence-electron chi connectivity index (χ4n) is 9.57. The van der Waals surface area contributed by atoms with Crippen molar-refractivity contribution in [3.63, 3.8) is 0 Å². The molecule has 1 spiro atoms. The first-order chi connectivity index (χ1) is 28.7. The number of fused-ring (bicyclic) bond motifs is 10. The van der Waals surface area contributed by atoms with Crippen LogP contribution in [0.2, 0.25) is 0 Å². The second-order valence-corrected chi connectivity index (χ2v) is 21.6. The van der Waals surface area contributed by atoms with Crippen molar-refractivity contribution < 1.29 is 9.13 Å². The summed E-state index contributed by atoms with van der Waals surface area (Å²) in [6, 6.07) is 66.3. The van der Waals surface area contributed by atoms with Gasteiger partial charge >= 0.3 is 0 Å². The van der Waals surface area contributed by atoms with Gasteiger partial charge in [-0.3, -0.25) is 0 Å². The minimum Gasteiger partial charge on any atom is -0.378 e. The molecular weight excluding hydrogens is 759 g/mol. The lowest BCUT2D eigenvalue weighted by Crippen LogP contribution is -2.31. The molecule has 59 heavy (non-hydrogen) atoms. The van der Waals surface area contributed by atoms with E-state index < -0.39 is 19.7 Å². The van der Waals surface area contributed by atoms with Crippen LogP contribution in [0.25, 0.3) is 22.3 Å². The van der Waals surface area contributed by atoms with E-state index in [-0.39, 0.29) is 0 Å². The van der Waals surface area contributed by atoms with Gasteiger partial charge in [0.15, 0.2) is 14.3 Å². The maximum absolute atomic E-state index is 16.1. The molecule has 288 valence electrons. The largest absolute Gasteiger partial charge is 0.378 e. The Bertz CT molecular complexity index is 2710. The zero-order valence-corrected chi connectivity index (χ0v) is 35.4. The van der Waals surface area contributed by atoms with Crippen molar-refractivity contribution in [2.45, 2.75) is 5.41 Å². The van der Waals surface area contributed by atoms with Crippen LogP contribution in [0.5, 0.6) is 0 Å². The quantitative estimate of drug-likeness (QED) is 0.144. The summed E-state index contributed by atoms with van der Waals surface area (Å²) in [7, 11) is 1.62. The Morgan fingerprint density at radius 3 is 0.881 bits per heavy atom. The second-order valence-electron chi connectivity index (χ2n) is 16.0. The van der Waals surface area contributed by atoms with E-state index in [9.17, 15) is 0 Å². The maximum Gasteiger partial charge on any atom is 0.171 e. The van der Waals surface area contributed by atoms with Gasteiger partial charge in [0.2, 0.25) is 0 Å². The van der Waals surface area contributed by atoms with E-state index in [1.54, 1.807) is 0 Å². The number of benzene rings is 8.